The van der Waals surface area contributed by atoms with Crippen LogP contribution in [0.1, 0.15) is 24.2 Å². The van der Waals surface area contributed by atoms with Crippen LogP contribution in [0.4, 0.5) is 5.69 Å². The minimum Gasteiger partial charge on any atom is -0.492 e. The zero-order valence-corrected chi connectivity index (χ0v) is 18.1. The molecule has 4 rings (SSSR count). The van der Waals surface area contributed by atoms with Crippen molar-refractivity contribution >= 4 is 18.0 Å². The normalized spacial score (nSPS) is 16.8. The number of nitrogens with one attached hydrogen (secondary N) is 1. The molecule has 0 atom stereocenters. The molecule has 0 radical (unpaired) electrons. The van der Waals surface area contributed by atoms with Crippen molar-refractivity contribution in [1.29, 1.82) is 0 Å². The number of hydrogen-bond donors (Lipinski definition) is 1. The Hall–Kier alpha value is -3.00. The van der Waals surface area contributed by atoms with Gasteiger partial charge in [-0.05, 0) is 44.9 Å². The number of hydrogen-bond acceptors (Lipinski definition) is 6. The maximum absolute atomic E-state index is 12.2. The second-order valence-electron chi connectivity index (χ2n) is 8.23. The lowest BCUT2D eigenvalue weighted by atomic mass is 10.0. The van der Waals surface area contributed by atoms with Crippen molar-refractivity contribution < 1.29 is 14.3 Å². The number of piperazine rings is 1. The number of anilines is 1. The molecule has 0 bridgehead atoms. The van der Waals surface area contributed by atoms with Gasteiger partial charge in [-0.1, -0.05) is 0 Å². The first-order chi connectivity index (χ1) is 15.0. The van der Waals surface area contributed by atoms with E-state index in [4.69, 9.17) is 4.74 Å². The number of aromatic nitrogens is 2. The molecule has 31 heavy (non-hydrogen) atoms. The first-order valence-electron chi connectivity index (χ1n) is 10.8. The largest absolute Gasteiger partial charge is 0.492 e. The van der Waals surface area contributed by atoms with E-state index in [9.17, 15) is 9.59 Å². The summed E-state index contributed by atoms with van der Waals surface area (Å²) in [5.41, 5.74) is 4.31. The summed E-state index contributed by atoms with van der Waals surface area (Å²) in [5, 5.41) is 3.02. The van der Waals surface area contributed by atoms with Gasteiger partial charge in [-0.2, -0.15) is 0 Å². The Labute approximate surface area is 182 Å². The lowest BCUT2D eigenvalue weighted by molar-refractivity contribution is -0.119. The van der Waals surface area contributed by atoms with Gasteiger partial charge in [0.05, 0.1) is 0 Å². The van der Waals surface area contributed by atoms with E-state index in [1.54, 1.807) is 11.2 Å². The number of benzene rings is 1. The van der Waals surface area contributed by atoms with Gasteiger partial charge in [0.2, 0.25) is 12.3 Å². The Balaban J connectivity index is 1.50. The van der Waals surface area contributed by atoms with E-state index in [0.29, 0.717) is 6.61 Å². The van der Waals surface area contributed by atoms with E-state index in [0.717, 1.165) is 85.9 Å². The lowest BCUT2D eigenvalue weighted by Crippen LogP contribution is -2.46. The number of carbonyl (C=O) groups excluding carboxylic acids is 2. The molecule has 2 aromatic rings. The van der Waals surface area contributed by atoms with Crippen LogP contribution in [0.2, 0.25) is 0 Å². The third kappa shape index (κ3) is 5.19. The van der Waals surface area contributed by atoms with Crippen molar-refractivity contribution in [3.8, 4) is 16.9 Å². The molecule has 1 saturated carbocycles. The second-order valence-corrected chi connectivity index (χ2v) is 8.23. The van der Waals surface area contributed by atoms with Gasteiger partial charge in [0.15, 0.2) is 0 Å². The van der Waals surface area contributed by atoms with Crippen LogP contribution in [-0.2, 0) is 9.59 Å². The molecule has 164 valence electrons. The Bertz CT molecular complexity index is 932. The van der Waals surface area contributed by atoms with Gasteiger partial charge in [-0.3, -0.25) is 14.5 Å². The first-order valence-corrected chi connectivity index (χ1v) is 10.8. The number of amides is 2. The summed E-state index contributed by atoms with van der Waals surface area (Å²) in [6.07, 6.45) is 4.40. The predicted molar refractivity (Wildman–Crippen MR) is 118 cm³/mol. The van der Waals surface area contributed by atoms with Crippen LogP contribution in [0.5, 0.6) is 5.75 Å². The average Bonchev–Trinajstić information content (AvgIpc) is 3.61. The molecular formula is C23H29N5O3. The first kappa shape index (κ1) is 21.2. The summed E-state index contributed by atoms with van der Waals surface area (Å²) < 4.78 is 6.18. The molecule has 8 heteroatoms. The summed E-state index contributed by atoms with van der Waals surface area (Å²) in [6.45, 7) is 8.44. The van der Waals surface area contributed by atoms with Crippen LogP contribution in [0, 0.1) is 19.8 Å². The van der Waals surface area contributed by atoms with Gasteiger partial charge in [0, 0.05) is 66.8 Å². The Kier molecular flexibility index (Phi) is 6.46. The third-order valence-corrected chi connectivity index (χ3v) is 5.91. The highest BCUT2D eigenvalue weighted by molar-refractivity contribution is 5.95. The van der Waals surface area contributed by atoms with E-state index in [2.05, 4.69) is 20.2 Å². The molecule has 1 aromatic heterocycles. The van der Waals surface area contributed by atoms with Crippen LogP contribution < -0.4 is 10.1 Å². The van der Waals surface area contributed by atoms with Crippen molar-refractivity contribution in [2.45, 2.75) is 26.7 Å². The smallest absolute Gasteiger partial charge is 0.227 e. The van der Waals surface area contributed by atoms with E-state index in [-0.39, 0.29) is 11.8 Å². The maximum atomic E-state index is 12.2. The van der Waals surface area contributed by atoms with E-state index < -0.39 is 0 Å². The van der Waals surface area contributed by atoms with Crippen molar-refractivity contribution in [1.82, 2.24) is 19.8 Å². The predicted octanol–water partition coefficient (Wildman–Crippen LogP) is 2.26. The molecule has 1 saturated heterocycles. The van der Waals surface area contributed by atoms with Crippen LogP contribution in [0.3, 0.4) is 0 Å². The minimum absolute atomic E-state index is 0.0758. The quantitative estimate of drug-likeness (QED) is 0.656. The van der Waals surface area contributed by atoms with E-state index in [1.807, 2.05) is 32.0 Å². The standard InChI is InChI=1S/C23H29N5O3/c1-16-22(17(2)25-14-24-16)20-13-19(26-23(30)18-3-4-18)5-6-21(20)31-12-11-27-7-9-28(15-29)10-8-27/h5-6,13-15,18H,3-4,7-12H2,1-2H3,(H,26,30). The highest BCUT2D eigenvalue weighted by atomic mass is 16.5. The van der Waals surface area contributed by atoms with E-state index in [1.165, 1.54) is 0 Å². The number of rotatable bonds is 8. The van der Waals surface area contributed by atoms with Crippen LogP contribution in [-0.4, -0.2) is 71.4 Å². The fraction of sp³-hybridized carbons (Fsp3) is 0.478. The molecule has 2 aliphatic rings. The van der Waals surface area contributed by atoms with Crippen molar-refractivity contribution in [3.63, 3.8) is 0 Å². The number of aryl methyl sites for hydroxylation is 2. The molecule has 2 heterocycles. The summed E-state index contributed by atoms with van der Waals surface area (Å²) >= 11 is 0. The number of nitrogens with zero attached hydrogens (tertiary/aromatic N) is 4. The van der Waals surface area contributed by atoms with Crippen LogP contribution >= 0.6 is 0 Å². The zero-order chi connectivity index (χ0) is 21.8. The van der Waals surface area contributed by atoms with E-state index >= 15 is 0 Å². The molecule has 2 fully saturated rings. The van der Waals surface area contributed by atoms with Gasteiger partial charge in [-0.15, -0.1) is 0 Å². The summed E-state index contributed by atoms with van der Waals surface area (Å²) in [7, 11) is 0. The van der Waals surface area contributed by atoms with Crippen LogP contribution in [0.15, 0.2) is 24.5 Å². The van der Waals surface area contributed by atoms with Crippen molar-refractivity contribution in [2.24, 2.45) is 5.92 Å². The lowest BCUT2D eigenvalue weighted by Gasteiger charge is -2.32. The Morgan fingerprint density at radius 2 is 1.87 bits per heavy atom. The molecule has 0 spiro atoms. The SMILES string of the molecule is Cc1ncnc(C)c1-c1cc(NC(=O)C2CC2)ccc1OCCN1CCN(C=O)CC1. The molecule has 0 unspecified atom stereocenters. The minimum atomic E-state index is 0.0758. The fourth-order valence-corrected chi connectivity index (χ4v) is 3.88. The highest BCUT2D eigenvalue weighted by Gasteiger charge is 2.29. The molecule has 1 aromatic carbocycles. The van der Waals surface area contributed by atoms with Gasteiger partial charge in [0.1, 0.15) is 18.7 Å². The topological polar surface area (TPSA) is 87.7 Å². The number of ether oxygens (including phenoxy) is 1. The van der Waals surface area contributed by atoms with Crippen molar-refractivity contribution in [3.05, 3.63) is 35.9 Å². The van der Waals surface area contributed by atoms with Crippen molar-refractivity contribution in [2.75, 3.05) is 44.6 Å². The fourth-order valence-electron chi connectivity index (χ4n) is 3.88. The highest BCUT2D eigenvalue weighted by Crippen LogP contribution is 2.36. The summed E-state index contributed by atoms with van der Waals surface area (Å²) in [5.74, 6) is 0.964. The summed E-state index contributed by atoms with van der Waals surface area (Å²) in [6, 6.07) is 5.75. The molecule has 1 aliphatic carbocycles. The van der Waals surface area contributed by atoms with Crippen LogP contribution in [0.25, 0.3) is 11.1 Å². The summed E-state index contributed by atoms with van der Waals surface area (Å²) in [4.78, 5) is 35.9. The van der Waals surface area contributed by atoms with Gasteiger partial charge < -0.3 is 15.0 Å². The maximum Gasteiger partial charge on any atom is 0.227 e. The second kappa shape index (κ2) is 9.43. The molecule has 1 N–H and O–H groups in total. The molecule has 8 nitrogen and oxygen atoms in total. The van der Waals surface area contributed by atoms with Gasteiger partial charge in [-0.25, -0.2) is 9.97 Å². The third-order valence-electron chi connectivity index (χ3n) is 5.91. The van der Waals surface area contributed by atoms with Gasteiger partial charge >= 0.3 is 0 Å². The monoisotopic (exact) mass is 423 g/mol. The molecule has 1 aliphatic heterocycles. The average molecular weight is 424 g/mol. The Morgan fingerprint density at radius 3 is 2.52 bits per heavy atom. The zero-order valence-electron chi connectivity index (χ0n) is 18.1. The van der Waals surface area contributed by atoms with Gasteiger partial charge in [0.25, 0.3) is 0 Å². The molecular weight excluding hydrogens is 394 g/mol. The number of carbonyl (C=O) groups is 2. The Morgan fingerprint density at radius 1 is 1.16 bits per heavy atom. The molecule has 2 amide bonds.